The number of amides is 1. The van der Waals surface area contributed by atoms with E-state index in [9.17, 15) is 19.7 Å². The topological polar surface area (TPSA) is 124 Å². The van der Waals surface area contributed by atoms with Gasteiger partial charge in [0.2, 0.25) is 0 Å². The minimum Gasteiger partial charge on any atom is -0.452 e. The zero-order chi connectivity index (χ0) is 21.1. The number of carbonyl (C=O) groups excluding carboxylic acids is 2. The van der Waals surface area contributed by atoms with Crippen molar-refractivity contribution < 1.29 is 19.2 Å². The van der Waals surface area contributed by atoms with E-state index in [-0.39, 0.29) is 16.9 Å². The zero-order valence-corrected chi connectivity index (χ0v) is 16.1. The Hall–Kier alpha value is -3.88. The van der Waals surface area contributed by atoms with Gasteiger partial charge in [-0.2, -0.15) is 0 Å². The van der Waals surface area contributed by atoms with E-state index in [1.165, 1.54) is 18.2 Å². The molecule has 0 atom stereocenters. The van der Waals surface area contributed by atoms with Gasteiger partial charge in [-0.15, -0.1) is 0 Å². The van der Waals surface area contributed by atoms with Crippen molar-refractivity contribution in [3.05, 3.63) is 69.0 Å². The average Bonchev–Trinajstić information content (AvgIpc) is 2.68. The molecule has 148 valence electrons. The molecule has 1 heterocycles. The Balaban J connectivity index is 1.65. The summed E-state index contributed by atoms with van der Waals surface area (Å²) in [5, 5.41) is 13.5. The fourth-order valence-corrected chi connectivity index (χ4v) is 2.65. The molecule has 0 radical (unpaired) electrons. The van der Waals surface area contributed by atoms with Crippen LogP contribution in [0.2, 0.25) is 0 Å². The molecule has 0 aliphatic carbocycles. The van der Waals surface area contributed by atoms with Gasteiger partial charge >= 0.3 is 5.97 Å². The molecule has 9 nitrogen and oxygen atoms in total. The normalized spacial score (nSPS) is 10.6. The van der Waals surface area contributed by atoms with Crippen molar-refractivity contribution in [3.63, 3.8) is 0 Å². The highest BCUT2D eigenvalue weighted by molar-refractivity contribution is 5.97. The first kappa shape index (κ1) is 19.9. The molecular weight excluding hydrogens is 376 g/mol. The highest BCUT2D eigenvalue weighted by atomic mass is 16.6. The van der Waals surface area contributed by atoms with Crippen LogP contribution in [-0.2, 0) is 9.53 Å². The van der Waals surface area contributed by atoms with Gasteiger partial charge in [-0.3, -0.25) is 14.9 Å². The zero-order valence-electron chi connectivity index (χ0n) is 16.1. The molecule has 9 heteroatoms. The fraction of sp³-hybridized carbons (Fsp3) is 0.200. The molecule has 0 saturated heterocycles. The Morgan fingerprint density at radius 2 is 1.72 bits per heavy atom. The molecule has 0 bridgehead atoms. The van der Waals surface area contributed by atoms with Gasteiger partial charge in [-0.25, -0.2) is 14.8 Å². The lowest BCUT2D eigenvalue weighted by Crippen LogP contribution is -2.21. The number of nitro benzene ring substituents is 1. The third-order valence-corrected chi connectivity index (χ3v) is 4.33. The number of anilines is 1. The number of nitrogens with zero attached hydrogens (tertiary/aromatic N) is 3. The number of rotatable bonds is 5. The molecule has 29 heavy (non-hydrogen) atoms. The molecular formula is C20H18N4O5. The molecule has 0 spiro atoms. The van der Waals surface area contributed by atoms with Crippen molar-refractivity contribution in [2.45, 2.75) is 20.8 Å². The maximum atomic E-state index is 12.2. The van der Waals surface area contributed by atoms with Crippen molar-refractivity contribution in [3.8, 4) is 0 Å². The predicted octanol–water partition coefficient (Wildman–Crippen LogP) is 3.26. The largest absolute Gasteiger partial charge is 0.452 e. The Kier molecular flexibility index (Phi) is 5.49. The summed E-state index contributed by atoms with van der Waals surface area (Å²) in [5.74, 6) is -1.29. The summed E-state index contributed by atoms with van der Waals surface area (Å²) in [6, 6.07) is 9.08. The van der Waals surface area contributed by atoms with E-state index in [2.05, 4.69) is 15.3 Å². The molecule has 2 aromatic carbocycles. The van der Waals surface area contributed by atoms with Crippen LogP contribution in [0.1, 0.15) is 27.3 Å². The number of hydrogen-bond acceptors (Lipinski definition) is 7. The van der Waals surface area contributed by atoms with E-state index < -0.39 is 23.4 Å². The summed E-state index contributed by atoms with van der Waals surface area (Å²) in [6.45, 7) is 4.75. The minimum absolute atomic E-state index is 0.109. The number of fused-ring (bicyclic) bond motifs is 1. The standard InChI is InChI=1S/C20H18N4O5/c1-11-4-6-15(9-18(11)24(27)28)23-19(25)10-29-20(26)14-5-7-16-17(8-14)22-13(3)12(2)21-16/h4-9H,10H2,1-3H3,(H,23,25). The second-order valence-corrected chi connectivity index (χ2v) is 6.48. The van der Waals surface area contributed by atoms with Crippen LogP contribution in [0.4, 0.5) is 11.4 Å². The van der Waals surface area contributed by atoms with E-state index in [1.54, 1.807) is 25.1 Å². The number of benzene rings is 2. The Morgan fingerprint density at radius 1 is 1.03 bits per heavy atom. The summed E-state index contributed by atoms with van der Waals surface area (Å²) < 4.78 is 5.03. The quantitative estimate of drug-likeness (QED) is 0.400. The Labute approximate surface area is 165 Å². The van der Waals surface area contributed by atoms with E-state index >= 15 is 0 Å². The molecule has 0 saturated carbocycles. The predicted molar refractivity (Wildman–Crippen MR) is 106 cm³/mol. The molecule has 0 unspecified atom stereocenters. The van der Waals surface area contributed by atoms with Crippen molar-refractivity contribution in [2.24, 2.45) is 0 Å². The van der Waals surface area contributed by atoms with Crippen LogP contribution >= 0.6 is 0 Å². The van der Waals surface area contributed by atoms with Crippen LogP contribution in [0.5, 0.6) is 0 Å². The number of hydrogen-bond donors (Lipinski definition) is 1. The monoisotopic (exact) mass is 394 g/mol. The van der Waals surface area contributed by atoms with Crippen LogP contribution in [0, 0.1) is 30.9 Å². The third kappa shape index (κ3) is 4.52. The SMILES string of the molecule is Cc1ccc(NC(=O)COC(=O)c2ccc3nc(C)c(C)nc3c2)cc1[N+](=O)[O-]. The minimum atomic E-state index is -0.683. The van der Waals surface area contributed by atoms with Crippen LogP contribution in [-0.4, -0.2) is 33.4 Å². The first-order valence-corrected chi connectivity index (χ1v) is 8.71. The van der Waals surface area contributed by atoms with Gasteiger partial charge in [0.25, 0.3) is 11.6 Å². The number of esters is 1. The lowest BCUT2D eigenvalue weighted by Gasteiger charge is -2.08. The molecule has 1 N–H and O–H groups in total. The summed E-state index contributed by atoms with van der Waals surface area (Å²) in [4.78, 5) is 43.5. The number of carbonyl (C=O) groups is 2. The van der Waals surface area contributed by atoms with Crippen molar-refractivity contribution in [1.82, 2.24) is 9.97 Å². The van der Waals surface area contributed by atoms with Crippen molar-refractivity contribution in [1.29, 1.82) is 0 Å². The van der Waals surface area contributed by atoms with Gasteiger partial charge in [-0.1, -0.05) is 6.07 Å². The number of aromatic nitrogens is 2. The number of nitro groups is 1. The second-order valence-electron chi connectivity index (χ2n) is 6.48. The Morgan fingerprint density at radius 3 is 2.41 bits per heavy atom. The van der Waals surface area contributed by atoms with Gasteiger partial charge in [0, 0.05) is 17.3 Å². The molecule has 0 fully saturated rings. The molecule has 3 rings (SSSR count). The summed E-state index contributed by atoms with van der Waals surface area (Å²) >= 11 is 0. The van der Waals surface area contributed by atoms with E-state index in [0.717, 1.165) is 11.4 Å². The first-order chi connectivity index (χ1) is 13.7. The van der Waals surface area contributed by atoms with Crippen LogP contribution in [0.25, 0.3) is 11.0 Å². The summed E-state index contributed by atoms with van der Waals surface area (Å²) in [7, 11) is 0. The molecule has 1 amide bonds. The lowest BCUT2D eigenvalue weighted by molar-refractivity contribution is -0.385. The first-order valence-electron chi connectivity index (χ1n) is 8.71. The summed E-state index contributed by atoms with van der Waals surface area (Å²) in [6.07, 6.45) is 0. The van der Waals surface area contributed by atoms with Gasteiger partial charge < -0.3 is 10.1 Å². The maximum Gasteiger partial charge on any atom is 0.338 e. The number of nitrogens with one attached hydrogen (secondary N) is 1. The highest BCUT2D eigenvalue weighted by Gasteiger charge is 2.15. The van der Waals surface area contributed by atoms with Gasteiger partial charge in [0.05, 0.1) is 32.9 Å². The number of ether oxygens (including phenoxy) is 1. The van der Waals surface area contributed by atoms with Crippen LogP contribution in [0.3, 0.4) is 0 Å². The molecule has 1 aromatic heterocycles. The molecule has 0 aliphatic rings. The lowest BCUT2D eigenvalue weighted by atomic mass is 10.2. The van der Waals surface area contributed by atoms with Crippen molar-refractivity contribution in [2.75, 3.05) is 11.9 Å². The van der Waals surface area contributed by atoms with Gasteiger partial charge in [0.15, 0.2) is 6.61 Å². The second kappa shape index (κ2) is 8.01. The third-order valence-electron chi connectivity index (χ3n) is 4.33. The van der Waals surface area contributed by atoms with E-state index in [0.29, 0.717) is 16.6 Å². The smallest absolute Gasteiger partial charge is 0.338 e. The number of aryl methyl sites for hydroxylation is 3. The van der Waals surface area contributed by atoms with E-state index in [4.69, 9.17) is 4.74 Å². The summed E-state index contributed by atoms with van der Waals surface area (Å²) in [5.41, 5.74) is 3.63. The van der Waals surface area contributed by atoms with Crippen molar-refractivity contribution >= 4 is 34.3 Å². The maximum absolute atomic E-state index is 12.2. The van der Waals surface area contributed by atoms with E-state index in [1.807, 2.05) is 13.8 Å². The Bertz CT molecular complexity index is 1140. The van der Waals surface area contributed by atoms with Crippen LogP contribution < -0.4 is 5.32 Å². The average molecular weight is 394 g/mol. The van der Waals surface area contributed by atoms with Gasteiger partial charge in [-0.05, 0) is 45.0 Å². The highest BCUT2D eigenvalue weighted by Crippen LogP contribution is 2.22. The van der Waals surface area contributed by atoms with Crippen LogP contribution in [0.15, 0.2) is 36.4 Å². The van der Waals surface area contributed by atoms with Gasteiger partial charge in [0.1, 0.15) is 0 Å². The molecule has 0 aliphatic heterocycles. The molecule has 3 aromatic rings. The fourth-order valence-electron chi connectivity index (χ4n) is 2.65.